The Kier molecular flexibility index (Phi) is 3.34. The summed E-state index contributed by atoms with van der Waals surface area (Å²) in [4.78, 5) is 25.4. The lowest BCUT2D eigenvalue weighted by Gasteiger charge is -2.21. The molecule has 2 heterocycles. The lowest BCUT2D eigenvalue weighted by molar-refractivity contribution is -0.141. The van der Waals surface area contributed by atoms with Gasteiger partial charge in [0.1, 0.15) is 6.04 Å². The predicted molar refractivity (Wildman–Crippen MR) is 74.0 cm³/mol. The molecule has 2 aromatic rings. The van der Waals surface area contributed by atoms with Crippen LogP contribution < -0.4 is 0 Å². The number of H-pyrrole nitrogens is 1. The third-order valence-electron chi connectivity index (χ3n) is 3.85. The number of carbonyl (C=O) groups excluding carboxylic acids is 1. The standard InChI is InChI=1S/C14H15N3O4/c1-21-9-5-11(14(19)20)17(7-9)13(18)10-4-2-3-8-6-15-16-12(8)10/h2-4,6,9,11H,5,7H2,1H3,(H,15,16)(H,19,20). The highest BCUT2D eigenvalue weighted by atomic mass is 16.5. The van der Waals surface area contributed by atoms with Crippen LogP contribution >= 0.6 is 0 Å². The van der Waals surface area contributed by atoms with Crippen molar-refractivity contribution in [3.8, 4) is 0 Å². The van der Waals surface area contributed by atoms with Gasteiger partial charge in [-0.1, -0.05) is 12.1 Å². The van der Waals surface area contributed by atoms with E-state index in [2.05, 4.69) is 10.2 Å². The van der Waals surface area contributed by atoms with Crippen molar-refractivity contribution in [2.24, 2.45) is 0 Å². The van der Waals surface area contributed by atoms with E-state index < -0.39 is 12.0 Å². The number of aliphatic carboxylic acids is 1. The third-order valence-corrected chi connectivity index (χ3v) is 3.85. The maximum absolute atomic E-state index is 12.7. The summed E-state index contributed by atoms with van der Waals surface area (Å²) in [5, 5.41) is 16.8. The maximum Gasteiger partial charge on any atom is 0.326 e. The van der Waals surface area contributed by atoms with Crippen molar-refractivity contribution in [2.45, 2.75) is 18.6 Å². The van der Waals surface area contributed by atoms with Crippen molar-refractivity contribution >= 4 is 22.8 Å². The Balaban J connectivity index is 1.97. The number of methoxy groups -OCH3 is 1. The van der Waals surface area contributed by atoms with E-state index in [9.17, 15) is 14.7 Å². The first-order chi connectivity index (χ1) is 10.1. The van der Waals surface area contributed by atoms with Crippen molar-refractivity contribution in [3.05, 3.63) is 30.0 Å². The molecule has 110 valence electrons. The maximum atomic E-state index is 12.7. The van der Waals surface area contributed by atoms with Gasteiger partial charge in [0.25, 0.3) is 5.91 Å². The van der Waals surface area contributed by atoms with Crippen LogP contribution in [-0.4, -0.2) is 57.9 Å². The fraction of sp³-hybridized carbons (Fsp3) is 0.357. The van der Waals surface area contributed by atoms with E-state index in [0.717, 1.165) is 5.39 Å². The van der Waals surface area contributed by atoms with Gasteiger partial charge in [0.05, 0.1) is 23.4 Å². The Labute approximate surface area is 120 Å². The molecule has 1 aromatic heterocycles. The number of likely N-dealkylation sites (tertiary alicyclic amines) is 1. The van der Waals surface area contributed by atoms with Crippen molar-refractivity contribution in [1.29, 1.82) is 0 Å². The van der Waals surface area contributed by atoms with Gasteiger partial charge in [-0.05, 0) is 6.07 Å². The van der Waals surface area contributed by atoms with Gasteiger partial charge in [-0.2, -0.15) is 5.10 Å². The van der Waals surface area contributed by atoms with Gasteiger partial charge in [0.2, 0.25) is 0 Å². The fourth-order valence-electron chi connectivity index (χ4n) is 2.73. The number of aromatic nitrogens is 2. The monoisotopic (exact) mass is 289 g/mol. The predicted octanol–water partition coefficient (Wildman–Crippen LogP) is 0.877. The number of aromatic amines is 1. The van der Waals surface area contributed by atoms with Crippen LogP contribution in [0.3, 0.4) is 0 Å². The number of fused-ring (bicyclic) bond motifs is 1. The van der Waals surface area contributed by atoms with Crippen LogP contribution in [0.5, 0.6) is 0 Å². The summed E-state index contributed by atoms with van der Waals surface area (Å²) in [6, 6.07) is 4.40. The van der Waals surface area contributed by atoms with Crippen LogP contribution in [-0.2, 0) is 9.53 Å². The zero-order valence-electron chi connectivity index (χ0n) is 11.4. The Morgan fingerprint density at radius 2 is 2.29 bits per heavy atom. The number of benzene rings is 1. The van der Waals surface area contributed by atoms with Crippen LogP contribution in [0.2, 0.25) is 0 Å². The molecule has 0 spiro atoms. The Morgan fingerprint density at radius 1 is 1.48 bits per heavy atom. The van der Waals surface area contributed by atoms with Crippen LogP contribution in [0.15, 0.2) is 24.4 Å². The molecule has 0 aliphatic carbocycles. The summed E-state index contributed by atoms with van der Waals surface area (Å²) in [6.07, 6.45) is 1.68. The zero-order valence-corrected chi connectivity index (χ0v) is 11.4. The first kappa shape index (κ1) is 13.6. The molecule has 21 heavy (non-hydrogen) atoms. The Morgan fingerprint density at radius 3 is 3.00 bits per heavy atom. The highest BCUT2D eigenvalue weighted by molar-refractivity contribution is 6.06. The number of para-hydroxylation sites is 1. The van der Waals surface area contributed by atoms with Crippen molar-refractivity contribution in [2.75, 3.05) is 13.7 Å². The second-order valence-electron chi connectivity index (χ2n) is 5.04. The zero-order chi connectivity index (χ0) is 15.0. The molecule has 7 nitrogen and oxygen atoms in total. The fourth-order valence-corrected chi connectivity index (χ4v) is 2.73. The summed E-state index contributed by atoms with van der Waals surface area (Å²) in [5.41, 5.74) is 1.04. The number of amides is 1. The highest BCUT2D eigenvalue weighted by Gasteiger charge is 2.40. The van der Waals surface area contributed by atoms with Crippen molar-refractivity contribution in [3.63, 3.8) is 0 Å². The molecule has 1 saturated heterocycles. The van der Waals surface area contributed by atoms with E-state index in [1.54, 1.807) is 18.3 Å². The summed E-state index contributed by atoms with van der Waals surface area (Å²) >= 11 is 0. The van der Waals surface area contributed by atoms with E-state index in [1.807, 2.05) is 6.07 Å². The summed E-state index contributed by atoms with van der Waals surface area (Å²) in [6.45, 7) is 0.275. The number of carboxylic acid groups (broad SMARTS) is 1. The molecule has 1 fully saturated rings. The van der Waals surface area contributed by atoms with E-state index in [0.29, 0.717) is 17.5 Å². The van der Waals surface area contributed by atoms with E-state index in [1.165, 1.54) is 12.0 Å². The first-order valence-corrected chi connectivity index (χ1v) is 6.60. The number of carboxylic acids is 1. The minimum atomic E-state index is -1.01. The topological polar surface area (TPSA) is 95.5 Å². The summed E-state index contributed by atoms with van der Waals surface area (Å²) < 4.78 is 5.20. The molecule has 1 aliphatic heterocycles. The smallest absolute Gasteiger partial charge is 0.326 e. The first-order valence-electron chi connectivity index (χ1n) is 6.60. The number of carbonyl (C=O) groups is 2. The summed E-state index contributed by atoms with van der Waals surface area (Å²) in [5.74, 6) is -1.34. The minimum Gasteiger partial charge on any atom is -0.480 e. The van der Waals surface area contributed by atoms with Crippen LogP contribution in [0.25, 0.3) is 10.9 Å². The molecule has 2 atom stereocenters. The number of nitrogens with zero attached hydrogens (tertiary/aromatic N) is 2. The third kappa shape index (κ3) is 2.25. The molecular formula is C14H15N3O4. The van der Waals surface area contributed by atoms with E-state index >= 15 is 0 Å². The molecule has 2 unspecified atom stereocenters. The quantitative estimate of drug-likeness (QED) is 0.874. The SMILES string of the molecule is COC1CC(C(=O)O)N(C(=O)c2cccc3cn[nH]c23)C1. The summed E-state index contributed by atoms with van der Waals surface area (Å²) in [7, 11) is 1.52. The molecule has 1 aromatic carbocycles. The van der Waals surface area contributed by atoms with Gasteiger partial charge in [-0.25, -0.2) is 4.79 Å². The van der Waals surface area contributed by atoms with Gasteiger partial charge >= 0.3 is 5.97 Å². The van der Waals surface area contributed by atoms with E-state index in [4.69, 9.17) is 4.74 Å². The van der Waals surface area contributed by atoms with Gasteiger partial charge in [-0.15, -0.1) is 0 Å². The molecule has 1 amide bonds. The molecule has 1 aliphatic rings. The lowest BCUT2D eigenvalue weighted by atomic mass is 10.1. The number of rotatable bonds is 3. The normalized spacial score (nSPS) is 21.9. The molecule has 0 radical (unpaired) electrons. The van der Waals surface area contributed by atoms with Crippen molar-refractivity contribution < 1.29 is 19.4 Å². The second-order valence-corrected chi connectivity index (χ2v) is 5.04. The van der Waals surface area contributed by atoms with Gasteiger partial charge < -0.3 is 14.7 Å². The van der Waals surface area contributed by atoms with Crippen LogP contribution in [0, 0.1) is 0 Å². The number of nitrogens with one attached hydrogen (secondary N) is 1. The lowest BCUT2D eigenvalue weighted by Crippen LogP contribution is -2.40. The second kappa shape index (κ2) is 5.17. The van der Waals surface area contributed by atoms with Gasteiger partial charge in [0, 0.05) is 25.5 Å². The number of ether oxygens (including phenoxy) is 1. The minimum absolute atomic E-state index is 0.254. The molecule has 0 bridgehead atoms. The number of hydrogen-bond acceptors (Lipinski definition) is 4. The Bertz CT molecular complexity index is 696. The molecule has 3 rings (SSSR count). The average molecular weight is 289 g/mol. The van der Waals surface area contributed by atoms with E-state index in [-0.39, 0.29) is 18.6 Å². The number of hydrogen-bond donors (Lipinski definition) is 2. The molecule has 0 saturated carbocycles. The van der Waals surface area contributed by atoms with Gasteiger partial charge in [0.15, 0.2) is 0 Å². The molecule has 7 heteroatoms. The van der Waals surface area contributed by atoms with Crippen LogP contribution in [0.4, 0.5) is 0 Å². The molecular weight excluding hydrogens is 274 g/mol. The van der Waals surface area contributed by atoms with Gasteiger partial charge in [-0.3, -0.25) is 9.89 Å². The highest BCUT2D eigenvalue weighted by Crippen LogP contribution is 2.25. The Hall–Kier alpha value is -2.41. The van der Waals surface area contributed by atoms with Crippen LogP contribution in [0.1, 0.15) is 16.8 Å². The van der Waals surface area contributed by atoms with Crippen molar-refractivity contribution in [1.82, 2.24) is 15.1 Å². The molecule has 2 N–H and O–H groups in total. The largest absolute Gasteiger partial charge is 0.480 e. The average Bonchev–Trinajstić information content (AvgIpc) is 3.12.